The summed E-state index contributed by atoms with van der Waals surface area (Å²) in [6, 6.07) is 1.89. The molecule has 16 heteroatoms. The Bertz CT molecular complexity index is 1360. The van der Waals surface area contributed by atoms with E-state index in [0.717, 1.165) is 6.20 Å². The van der Waals surface area contributed by atoms with Gasteiger partial charge in [-0.2, -0.15) is 0 Å². The van der Waals surface area contributed by atoms with E-state index in [9.17, 15) is 43.6 Å². The van der Waals surface area contributed by atoms with Crippen LogP contribution < -0.4 is 15.3 Å². The molecule has 0 saturated carbocycles. The number of rotatable bonds is 6. The second-order valence-corrected chi connectivity index (χ2v) is 8.71. The summed E-state index contributed by atoms with van der Waals surface area (Å²) in [7, 11) is -1.71. The molecule has 0 aliphatic carbocycles. The zero-order valence-electron chi connectivity index (χ0n) is 20.5. The number of aromatic carboxylic acids is 1. The minimum absolute atomic E-state index is 0.0561. The van der Waals surface area contributed by atoms with Crippen LogP contribution in [0.5, 0.6) is 11.5 Å². The van der Waals surface area contributed by atoms with Crippen molar-refractivity contribution in [3.05, 3.63) is 53.1 Å². The number of carboxylic acids is 1. The molecule has 2 aromatic rings. The summed E-state index contributed by atoms with van der Waals surface area (Å²) in [6.45, 7) is 1.78. The van der Waals surface area contributed by atoms with Crippen LogP contribution in [0.15, 0.2) is 30.5 Å². The van der Waals surface area contributed by atoms with Crippen molar-refractivity contribution in [1.29, 1.82) is 0 Å². The molecule has 0 bridgehead atoms. The van der Waals surface area contributed by atoms with Crippen molar-refractivity contribution < 1.29 is 48.3 Å². The van der Waals surface area contributed by atoms with E-state index in [0.29, 0.717) is 16.5 Å². The summed E-state index contributed by atoms with van der Waals surface area (Å²) in [5.41, 5.74) is -0.457. The van der Waals surface area contributed by atoms with Gasteiger partial charge in [-0.25, -0.2) is 14.0 Å². The van der Waals surface area contributed by atoms with E-state index in [4.69, 9.17) is 4.65 Å². The van der Waals surface area contributed by atoms with Gasteiger partial charge in [0.15, 0.2) is 11.9 Å². The highest BCUT2D eigenvalue weighted by Crippen LogP contribution is 2.30. The van der Waals surface area contributed by atoms with Gasteiger partial charge in [0.25, 0.3) is 0 Å². The van der Waals surface area contributed by atoms with Gasteiger partial charge in [0.05, 0.1) is 17.7 Å². The number of pyridine rings is 1. The Morgan fingerprint density at radius 3 is 2.67 bits per heavy atom. The summed E-state index contributed by atoms with van der Waals surface area (Å²) in [5.74, 6) is -7.37. The molecule has 5 amide bonds. The first-order chi connectivity index (χ1) is 18.5. The molecule has 2 aliphatic rings. The number of carboxylic acid groups (broad SMARTS) is 1. The highest BCUT2D eigenvalue weighted by atomic mass is 19.1. The van der Waals surface area contributed by atoms with Crippen molar-refractivity contribution in [3.63, 3.8) is 0 Å². The van der Waals surface area contributed by atoms with Crippen LogP contribution in [0.2, 0.25) is 0 Å². The number of hydrogen-bond acceptors (Lipinski definition) is 9. The second kappa shape index (κ2) is 10.9. The average Bonchev–Trinajstić information content (AvgIpc) is 2.89. The third-order valence-corrected chi connectivity index (χ3v) is 6.27. The van der Waals surface area contributed by atoms with Crippen molar-refractivity contribution in [2.75, 3.05) is 19.6 Å². The first-order valence-corrected chi connectivity index (χ1v) is 11.8. The number of amides is 5. The number of halogens is 1. The van der Waals surface area contributed by atoms with E-state index in [-0.39, 0.29) is 37.4 Å². The van der Waals surface area contributed by atoms with Crippen molar-refractivity contribution in [3.8, 4) is 11.5 Å². The first kappa shape index (κ1) is 27.3. The minimum Gasteiger partial charge on any atom is -0.534 e. The standard InChI is InChI=1S/C23H23BFN5O9/c1-2-29-6-7-30(21(34)20(29)33)23(37)28-17(16-14(25)9-12(31)10-26-16)19(32)27-15-8-11-4-3-5-13(22(35)36)18(11)39-24(15)38/h3-5,9-10,15,17,31,38H,2,6-8H2,1H3,(H,27,32)(H,28,37)(H,35,36)/t15-,17-/m0/s1. The van der Waals surface area contributed by atoms with Crippen molar-refractivity contribution >= 4 is 36.8 Å². The maximum atomic E-state index is 14.7. The molecule has 2 aliphatic heterocycles. The van der Waals surface area contributed by atoms with Crippen LogP contribution >= 0.6 is 0 Å². The lowest BCUT2D eigenvalue weighted by atomic mass is 9.72. The molecule has 39 heavy (non-hydrogen) atoms. The fraction of sp³-hybridized carbons (Fsp3) is 0.304. The lowest BCUT2D eigenvalue weighted by Gasteiger charge is -2.33. The van der Waals surface area contributed by atoms with Crippen LogP contribution in [-0.4, -0.2) is 92.4 Å². The largest absolute Gasteiger partial charge is 0.547 e. The number of nitrogens with one attached hydrogen (secondary N) is 2. The third-order valence-electron chi connectivity index (χ3n) is 6.27. The smallest absolute Gasteiger partial charge is 0.534 e. The van der Waals surface area contributed by atoms with E-state index < -0.39 is 66.1 Å². The van der Waals surface area contributed by atoms with Gasteiger partial charge in [0.1, 0.15) is 17.2 Å². The molecular weight excluding hydrogens is 520 g/mol. The number of aromatic nitrogens is 1. The number of fused-ring (bicyclic) bond motifs is 1. The Balaban J connectivity index is 1.58. The number of nitrogens with zero attached hydrogens (tertiary/aromatic N) is 3. The maximum absolute atomic E-state index is 14.7. The van der Waals surface area contributed by atoms with Crippen LogP contribution in [-0.2, 0) is 20.8 Å². The van der Waals surface area contributed by atoms with Gasteiger partial charge in [-0.1, -0.05) is 12.1 Å². The van der Waals surface area contributed by atoms with Crippen LogP contribution in [0.25, 0.3) is 0 Å². The van der Waals surface area contributed by atoms with Crippen LogP contribution in [0.1, 0.15) is 34.6 Å². The predicted molar refractivity (Wildman–Crippen MR) is 129 cm³/mol. The molecule has 2 atom stereocenters. The summed E-state index contributed by atoms with van der Waals surface area (Å²) in [6.07, 6.45) is 0.753. The highest BCUT2D eigenvalue weighted by molar-refractivity contribution is 6.47. The Morgan fingerprint density at radius 1 is 1.26 bits per heavy atom. The Morgan fingerprint density at radius 2 is 2.00 bits per heavy atom. The number of imide groups is 1. The van der Waals surface area contributed by atoms with Gasteiger partial charge >= 0.3 is 30.9 Å². The summed E-state index contributed by atoms with van der Waals surface area (Å²) < 4.78 is 20.1. The van der Waals surface area contributed by atoms with Crippen molar-refractivity contribution in [2.45, 2.75) is 25.3 Å². The van der Waals surface area contributed by atoms with E-state index >= 15 is 0 Å². The highest BCUT2D eigenvalue weighted by Gasteiger charge is 2.41. The zero-order valence-corrected chi connectivity index (χ0v) is 20.5. The normalized spacial score (nSPS) is 17.7. The number of piperazine rings is 1. The lowest BCUT2D eigenvalue weighted by molar-refractivity contribution is -0.153. The van der Waals surface area contributed by atoms with E-state index in [1.54, 1.807) is 6.92 Å². The first-order valence-electron chi connectivity index (χ1n) is 11.8. The third kappa shape index (κ3) is 5.45. The monoisotopic (exact) mass is 543 g/mol. The quantitative estimate of drug-likeness (QED) is 0.227. The molecule has 14 nitrogen and oxygen atoms in total. The number of para-hydroxylation sites is 1. The Labute approximate surface area is 220 Å². The fourth-order valence-electron chi connectivity index (χ4n) is 4.26. The van der Waals surface area contributed by atoms with Crippen molar-refractivity contribution in [1.82, 2.24) is 25.4 Å². The molecule has 1 saturated heterocycles. The van der Waals surface area contributed by atoms with Gasteiger partial charge in [0, 0.05) is 25.7 Å². The Hall–Kier alpha value is -4.73. The number of carbonyl (C=O) groups excluding carboxylic acids is 4. The SMILES string of the molecule is CCN1CCN(C(=O)N[C@H](C(=O)N[C@H]2Cc3cccc(C(=O)O)c3OB2O)c2ncc(O)cc2F)C(=O)C1=O. The predicted octanol–water partition coefficient (Wildman–Crippen LogP) is -0.794. The van der Waals surface area contributed by atoms with Crippen molar-refractivity contribution in [2.24, 2.45) is 0 Å². The molecule has 0 unspecified atom stereocenters. The molecule has 3 heterocycles. The summed E-state index contributed by atoms with van der Waals surface area (Å²) in [4.78, 5) is 67.9. The number of aromatic hydroxyl groups is 1. The molecule has 0 spiro atoms. The number of benzene rings is 1. The van der Waals surface area contributed by atoms with Crippen LogP contribution in [0.4, 0.5) is 9.18 Å². The lowest BCUT2D eigenvalue weighted by Crippen LogP contribution is -2.60. The number of likely N-dealkylation sites (N-methyl/N-ethyl adjacent to an activating group) is 1. The minimum atomic E-state index is -1.87. The molecule has 4 rings (SSSR count). The van der Waals surface area contributed by atoms with Gasteiger partial charge < -0.3 is 35.4 Å². The van der Waals surface area contributed by atoms with Crippen LogP contribution in [0.3, 0.4) is 0 Å². The van der Waals surface area contributed by atoms with Gasteiger partial charge in [-0.3, -0.25) is 24.3 Å². The van der Waals surface area contributed by atoms with Crippen LogP contribution in [0, 0.1) is 5.82 Å². The zero-order chi connectivity index (χ0) is 28.4. The summed E-state index contributed by atoms with van der Waals surface area (Å²) >= 11 is 0. The molecule has 1 fully saturated rings. The summed E-state index contributed by atoms with van der Waals surface area (Å²) in [5, 5.41) is 34.0. The molecule has 0 radical (unpaired) electrons. The number of hydrogen-bond donors (Lipinski definition) is 5. The fourth-order valence-corrected chi connectivity index (χ4v) is 4.26. The Kier molecular flexibility index (Phi) is 7.67. The van der Waals surface area contributed by atoms with E-state index in [1.165, 1.54) is 23.1 Å². The number of urea groups is 1. The molecule has 5 N–H and O–H groups in total. The second-order valence-electron chi connectivity index (χ2n) is 8.71. The van der Waals surface area contributed by atoms with Gasteiger partial charge in [-0.05, 0) is 25.0 Å². The van der Waals surface area contributed by atoms with Gasteiger partial charge in [-0.15, -0.1) is 0 Å². The number of carbonyl (C=O) groups is 5. The van der Waals surface area contributed by atoms with E-state index in [1.807, 2.05) is 0 Å². The van der Waals surface area contributed by atoms with E-state index in [2.05, 4.69) is 15.6 Å². The maximum Gasteiger partial charge on any atom is 0.547 e. The molecule has 1 aromatic heterocycles. The molecule has 204 valence electrons. The molecule has 1 aromatic carbocycles. The average molecular weight is 543 g/mol. The molecular formula is C23H23BFN5O9. The topological polar surface area (TPSA) is 199 Å². The van der Waals surface area contributed by atoms with Gasteiger partial charge in [0.2, 0.25) is 5.91 Å².